The number of likely N-dealkylation sites (tertiary alicyclic amines) is 1. The van der Waals surface area contributed by atoms with Crippen molar-refractivity contribution in [1.29, 1.82) is 0 Å². The van der Waals surface area contributed by atoms with Crippen LogP contribution in [0.1, 0.15) is 42.6 Å². The number of methoxy groups -OCH3 is 1. The van der Waals surface area contributed by atoms with E-state index < -0.39 is 0 Å². The lowest BCUT2D eigenvalue weighted by Crippen LogP contribution is -2.34. The van der Waals surface area contributed by atoms with Crippen LogP contribution in [0.4, 0.5) is 0 Å². The Hall–Kier alpha value is -1.21. The SMILES string of the molecule is COCc1nc([C@@H]2CCCCN2Cc2ncc(Cl)cc2Cl)n[nH]1. The highest BCUT2D eigenvalue weighted by Crippen LogP contribution is 2.31. The van der Waals surface area contributed by atoms with E-state index in [0.717, 1.165) is 43.1 Å². The summed E-state index contributed by atoms with van der Waals surface area (Å²) in [6.45, 7) is 2.07. The van der Waals surface area contributed by atoms with Gasteiger partial charge in [-0.2, -0.15) is 5.10 Å². The molecule has 6 nitrogen and oxygen atoms in total. The van der Waals surface area contributed by atoms with Gasteiger partial charge in [0, 0.05) is 19.9 Å². The molecule has 0 aromatic carbocycles. The van der Waals surface area contributed by atoms with Crippen LogP contribution in [0.5, 0.6) is 0 Å². The zero-order valence-corrected chi connectivity index (χ0v) is 14.4. The van der Waals surface area contributed by atoms with Gasteiger partial charge >= 0.3 is 0 Å². The van der Waals surface area contributed by atoms with Crippen molar-refractivity contribution < 1.29 is 4.74 Å². The molecule has 0 amide bonds. The number of H-pyrrole nitrogens is 1. The minimum Gasteiger partial charge on any atom is -0.377 e. The van der Waals surface area contributed by atoms with Crippen molar-refractivity contribution in [3.63, 3.8) is 0 Å². The van der Waals surface area contributed by atoms with Gasteiger partial charge < -0.3 is 4.74 Å². The molecule has 1 atom stereocenters. The largest absolute Gasteiger partial charge is 0.377 e. The van der Waals surface area contributed by atoms with Crippen LogP contribution in [0, 0.1) is 0 Å². The van der Waals surface area contributed by atoms with Gasteiger partial charge in [0.2, 0.25) is 0 Å². The second kappa shape index (κ2) is 7.57. The van der Waals surface area contributed by atoms with Gasteiger partial charge in [0.25, 0.3) is 0 Å². The molecule has 1 N–H and O–H groups in total. The molecule has 1 aliphatic rings. The van der Waals surface area contributed by atoms with Crippen molar-refractivity contribution in [3.05, 3.63) is 39.7 Å². The van der Waals surface area contributed by atoms with Crippen LogP contribution < -0.4 is 0 Å². The summed E-state index contributed by atoms with van der Waals surface area (Å²) in [5.41, 5.74) is 0.829. The molecule has 0 bridgehead atoms. The first-order valence-electron chi connectivity index (χ1n) is 7.61. The first-order valence-corrected chi connectivity index (χ1v) is 8.37. The Balaban J connectivity index is 1.77. The summed E-state index contributed by atoms with van der Waals surface area (Å²) in [7, 11) is 1.64. The van der Waals surface area contributed by atoms with Crippen LogP contribution in [0.15, 0.2) is 12.3 Å². The number of aromatic nitrogens is 4. The van der Waals surface area contributed by atoms with Gasteiger partial charge in [-0.05, 0) is 25.5 Å². The summed E-state index contributed by atoms with van der Waals surface area (Å²) in [4.78, 5) is 11.2. The first-order chi connectivity index (χ1) is 11.2. The molecule has 0 spiro atoms. The third kappa shape index (κ3) is 4.01. The van der Waals surface area contributed by atoms with E-state index in [2.05, 4.69) is 25.1 Å². The number of hydrogen-bond donors (Lipinski definition) is 1. The average Bonchev–Trinajstić information content (AvgIpc) is 2.99. The van der Waals surface area contributed by atoms with Crippen molar-refractivity contribution in [1.82, 2.24) is 25.1 Å². The van der Waals surface area contributed by atoms with Crippen LogP contribution in [0.2, 0.25) is 10.0 Å². The first kappa shape index (κ1) is 16.6. The van der Waals surface area contributed by atoms with Crippen LogP contribution in [0.3, 0.4) is 0 Å². The normalized spacial score (nSPS) is 19.2. The molecule has 0 aliphatic carbocycles. The van der Waals surface area contributed by atoms with Crippen molar-refractivity contribution in [2.75, 3.05) is 13.7 Å². The number of halogens is 2. The van der Waals surface area contributed by atoms with Crippen molar-refractivity contribution in [3.8, 4) is 0 Å². The maximum absolute atomic E-state index is 6.26. The molecular weight excluding hydrogens is 337 g/mol. The number of aromatic amines is 1. The monoisotopic (exact) mass is 355 g/mol. The van der Waals surface area contributed by atoms with Crippen LogP contribution in [-0.4, -0.2) is 38.7 Å². The summed E-state index contributed by atoms with van der Waals surface area (Å²) in [5.74, 6) is 1.55. The van der Waals surface area contributed by atoms with Gasteiger partial charge in [-0.25, -0.2) is 4.98 Å². The van der Waals surface area contributed by atoms with E-state index in [-0.39, 0.29) is 6.04 Å². The lowest BCUT2D eigenvalue weighted by molar-refractivity contribution is 0.132. The fourth-order valence-corrected chi connectivity index (χ4v) is 3.32. The van der Waals surface area contributed by atoms with Gasteiger partial charge in [-0.15, -0.1) is 0 Å². The topological polar surface area (TPSA) is 66.9 Å². The number of piperidine rings is 1. The molecule has 124 valence electrons. The number of nitrogens with zero attached hydrogens (tertiary/aromatic N) is 4. The third-order valence-corrected chi connectivity index (χ3v) is 4.51. The second-order valence-electron chi connectivity index (χ2n) is 5.64. The number of hydrogen-bond acceptors (Lipinski definition) is 5. The Morgan fingerprint density at radius 2 is 2.26 bits per heavy atom. The Morgan fingerprint density at radius 3 is 3.04 bits per heavy atom. The number of rotatable bonds is 5. The highest BCUT2D eigenvalue weighted by atomic mass is 35.5. The molecule has 0 unspecified atom stereocenters. The second-order valence-corrected chi connectivity index (χ2v) is 6.48. The zero-order valence-electron chi connectivity index (χ0n) is 12.9. The smallest absolute Gasteiger partial charge is 0.167 e. The predicted molar refractivity (Wildman–Crippen MR) is 88.4 cm³/mol. The van der Waals surface area contributed by atoms with E-state index in [0.29, 0.717) is 23.2 Å². The Labute approximate surface area is 145 Å². The molecule has 3 heterocycles. The Kier molecular flexibility index (Phi) is 5.48. The van der Waals surface area contributed by atoms with E-state index in [1.54, 1.807) is 19.4 Å². The quantitative estimate of drug-likeness (QED) is 0.890. The molecule has 0 radical (unpaired) electrons. The summed E-state index contributed by atoms with van der Waals surface area (Å²) >= 11 is 12.2. The molecule has 23 heavy (non-hydrogen) atoms. The maximum Gasteiger partial charge on any atom is 0.167 e. The summed E-state index contributed by atoms with van der Waals surface area (Å²) in [6.07, 6.45) is 4.97. The molecular formula is C15H19Cl2N5O. The summed E-state index contributed by atoms with van der Waals surface area (Å²) in [6, 6.07) is 1.90. The lowest BCUT2D eigenvalue weighted by atomic mass is 10.0. The van der Waals surface area contributed by atoms with Crippen LogP contribution in [0.25, 0.3) is 0 Å². The summed E-state index contributed by atoms with van der Waals surface area (Å²) < 4.78 is 5.09. The molecule has 2 aromatic rings. The van der Waals surface area contributed by atoms with Crippen molar-refractivity contribution in [2.45, 2.75) is 38.5 Å². The number of ether oxygens (including phenoxy) is 1. The standard InChI is InChI=1S/C15H19Cl2N5O/c1-23-9-14-19-15(21-20-14)13-4-2-3-5-22(13)8-12-11(17)6-10(16)7-18-12/h6-7,13H,2-5,8-9H2,1H3,(H,19,20,21)/t13-/m0/s1. The third-order valence-electron chi connectivity index (χ3n) is 3.98. The van der Waals surface area contributed by atoms with Gasteiger partial charge in [0.1, 0.15) is 6.61 Å². The maximum atomic E-state index is 6.26. The van der Waals surface area contributed by atoms with Gasteiger partial charge in [-0.1, -0.05) is 29.6 Å². The molecule has 1 saturated heterocycles. The van der Waals surface area contributed by atoms with Crippen LogP contribution >= 0.6 is 23.2 Å². The van der Waals surface area contributed by atoms with E-state index in [4.69, 9.17) is 27.9 Å². The Bertz CT molecular complexity index is 663. The highest BCUT2D eigenvalue weighted by molar-refractivity contribution is 6.34. The number of nitrogens with one attached hydrogen (secondary N) is 1. The van der Waals surface area contributed by atoms with Gasteiger partial charge in [0.05, 0.1) is 21.8 Å². The summed E-state index contributed by atoms with van der Waals surface area (Å²) in [5, 5.41) is 8.43. The van der Waals surface area contributed by atoms with E-state index in [9.17, 15) is 0 Å². The van der Waals surface area contributed by atoms with Crippen LogP contribution in [-0.2, 0) is 17.9 Å². The molecule has 3 rings (SSSR count). The minimum atomic E-state index is 0.166. The van der Waals surface area contributed by atoms with E-state index in [1.165, 1.54) is 0 Å². The molecule has 8 heteroatoms. The molecule has 1 fully saturated rings. The lowest BCUT2D eigenvalue weighted by Gasteiger charge is -2.33. The van der Waals surface area contributed by atoms with Crippen molar-refractivity contribution in [2.24, 2.45) is 0 Å². The van der Waals surface area contributed by atoms with E-state index >= 15 is 0 Å². The highest BCUT2D eigenvalue weighted by Gasteiger charge is 2.28. The van der Waals surface area contributed by atoms with Gasteiger partial charge in [0.15, 0.2) is 11.6 Å². The average molecular weight is 356 g/mol. The molecule has 2 aromatic heterocycles. The Morgan fingerprint density at radius 1 is 1.39 bits per heavy atom. The molecule has 1 aliphatic heterocycles. The van der Waals surface area contributed by atoms with E-state index in [1.807, 2.05) is 0 Å². The number of pyridine rings is 1. The minimum absolute atomic E-state index is 0.166. The van der Waals surface area contributed by atoms with Gasteiger partial charge in [-0.3, -0.25) is 15.0 Å². The molecule has 0 saturated carbocycles. The fourth-order valence-electron chi connectivity index (χ4n) is 2.88. The zero-order chi connectivity index (χ0) is 16.2. The fraction of sp³-hybridized carbons (Fsp3) is 0.533. The van der Waals surface area contributed by atoms with Crippen molar-refractivity contribution >= 4 is 23.2 Å². The predicted octanol–water partition coefficient (Wildman–Crippen LogP) is 3.38.